The van der Waals surface area contributed by atoms with Crippen molar-refractivity contribution in [3.8, 4) is 22.4 Å². The van der Waals surface area contributed by atoms with Crippen LogP contribution in [0, 0.1) is 0 Å². The van der Waals surface area contributed by atoms with Gasteiger partial charge < -0.3 is 0 Å². The molecule has 3 aromatic rings. The summed E-state index contributed by atoms with van der Waals surface area (Å²) < 4.78 is 2.63. The standard InChI is InChI=1S/C28H32N/c1-6-27-19-28(27,7-2)29-16-15-22(26(3,4)5)18-25(29)23-17-21(13-14-24(23)27)20-11-9-8-10-12-20/h8-18H,6-7,19H2,1-5H3/q+1. The number of rotatable bonds is 3. The van der Waals surface area contributed by atoms with Gasteiger partial charge in [0.2, 0.25) is 5.69 Å². The fraction of sp³-hybridized carbons (Fsp3) is 0.393. The fourth-order valence-corrected chi connectivity index (χ4v) is 5.93. The van der Waals surface area contributed by atoms with Crippen LogP contribution >= 0.6 is 0 Å². The second-order valence-electron chi connectivity index (χ2n) is 10.0. The van der Waals surface area contributed by atoms with Crippen LogP contribution in [0.3, 0.4) is 0 Å². The number of nitrogens with zero attached hydrogens (tertiary/aromatic N) is 1. The quantitative estimate of drug-likeness (QED) is 0.440. The van der Waals surface area contributed by atoms with Crippen molar-refractivity contribution in [2.75, 3.05) is 0 Å². The summed E-state index contributed by atoms with van der Waals surface area (Å²) in [6, 6.07) is 22.8. The van der Waals surface area contributed by atoms with Gasteiger partial charge in [0.25, 0.3) is 0 Å². The SMILES string of the molecule is CCC12CC1(CC)[n+]1ccc(C(C)(C)C)cc1-c1cc(-c3ccccc3)ccc12. The van der Waals surface area contributed by atoms with E-state index in [9.17, 15) is 0 Å². The zero-order valence-corrected chi connectivity index (χ0v) is 18.4. The largest absolute Gasteiger partial charge is 0.213 e. The maximum atomic E-state index is 2.63. The molecule has 0 amide bonds. The van der Waals surface area contributed by atoms with Crippen LogP contribution < -0.4 is 4.57 Å². The molecule has 1 heteroatoms. The smallest absolute Gasteiger partial charge is 0.192 e. The third kappa shape index (κ3) is 2.43. The Hall–Kier alpha value is -2.41. The molecule has 1 aliphatic heterocycles. The van der Waals surface area contributed by atoms with E-state index in [1.54, 1.807) is 5.56 Å². The van der Waals surface area contributed by atoms with Crippen molar-refractivity contribution in [1.29, 1.82) is 0 Å². The van der Waals surface area contributed by atoms with E-state index in [0.717, 1.165) is 0 Å². The number of hydrogen-bond acceptors (Lipinski definition) is 0. The number of fused-ring (bicyclic) bond motifs is 6. The molecule has 2 atom stereocenters. The molecule has 0 spiro atoms. The lowest BCUT2D eigenvalue weighted by Crippen LogP contribution is -2.54. The van der Waals surface area contributed by atoms with Gasteiger partial charge in [-0.25, -0.2) is 0 Å². The summed E-state index contributed by atoms with van der Waals surface area (Å²) >= 11 is 0. The summed E-state index contributed by atoms with van der Waals surface area (Å²) in [6.45, 7) is 11.7. The number of aromatic nitrogens is 1. The van der Waals surface area contributed by atoms with Crippen molar-refractivity contribution in [1.82, 2.24) is 0 Å². The highest BCUT2D eigenvalue weighted by Crippen LogP contribution is 2.67. The lowest BCUT2D eigenvalue weighted by atomic mass is 9.77. The van der Waals surface area contributed by atoms with Crippen LogP contribution in [0.2, 0.25) is 0 Å². The van der Waals surface area contributed by atoms with Crippen molar-refractivity contribution < 1.29 is 4.57 Å². The summed E-state index contributed by atoms with van der Waals surface area (Å²) in [7, 11) is 0. The van der Waals surface area contributed by atoms with Crippen LogP contribution in [0.25, 0.3) is 22.4 Å². The van der Waals surface area contributed by atoms with Crippen LogP contribution in [0.15, 0.2) is 66.9 Å². The maximum Gasteiger partial charge on any atom is 0.213 e. The average Bonchev–Trinajstić information content (AvgIpc) is 3.44. The highest BCUT2D eigenvalue weighted by Gasteiger charge is 2.76. The molecule has 1 saturated carbocycles. The predicted molar refractivity (Wildman–Crippen MR) is 121 cm³/mol. The number of hydrogen-bond donors (Lipinski definition) is 0. The third-order valence-corrected chi connectivity index (χ3v) is 7.75. The molecule has 148 valence electrons. The van der Waals surface area contributed by atoms with E-state index < -0.39 is 0 Å². The van der Waals surface area contributed by atoms with Crippen molar-refractivity contribution in [3.05, 3.63) is 78.0 Å². The fourth-order valence-electron chi connectivity index (χ4n) is 5.93. The van der Waals surface area contributed by atoms with E-state index in [4.69, 9.17) is 0 Å². The van der Waals surface area contributed by atoms with E-state index in [0.29, 0.717) is 0 Å². The lowest BCUT2D eigenvalue weighted by molar-refractivity contribution is -0.735. The molecule has 0 saturated heterocycles. The maximum absolute atomic E-state index is 2.63. The van der Waals surface area contributed by atoms with Gasteiger partial charge in [0.05, 0.1) is 11.0 Å². The first kappa shape index (κ1) is 18.6. The molecule has 2 heterocycles. The van der Waals surface area contributed by atoms with Crippen molar-refractivity contribution >= 4 is 0 Å². The first-order valence-corrected chi connectivity index (χ1v) is 11.1. The molecule has 0 N–H and O–H groups in total. The normalized spacial score (nSPS) is 24.4. The van der Waals surface area contributed by atoms with E-state index >= 15 is 0 Å². The molecule has 0 bridgehead atoms. The Kier molecular flexibility index (Phi) is 3.88. The minimum absolute atomic E-state index is 0.148. The van der Waals surface area contributed by atoms with Gasteiger partial charge >= 0.3 is 0 Å². The van der Waals surface area contributed by atoms with Crippen LogP contribution in [-0.4, -0.2) is 0 Å². The molecular formula is C28H32N+. The Morgan fingerprint density at radius 2 is 1.62 bits per heavy atom. The minimum Gasteiger partial charge on any atom is -0.192 e. The van der Waals surface area contributed by atoms with Crippen LogP contribution in [0.4, 0.5) is 0 Å². The molecule has 1 aromatic heterocycles. The Bertz CT molecular complexity index is 1090. The Morgan fingerprint density at radius 1 is 0.862 bits per heavy atom. The van der Waals surface area contributed by atoms with Gasteiger partial charge in [0.15, 0.2) is 11.7 Å². The summed E-state index contributed by atoms with van der Waals surface area (Å²) in [4.78, 5) is 0. The first-order valence-electron chi connectivity index (χ1n) is 11.1. The van der Waals surface area contributed by atoms with Gasteiger partial charge in [-0.1, -0.05) is 77.1 Å². The van der Waals surface area contributed by atoms with E-state index in [-0.39, 0.29) is 16.4 Å². The predicted octanol–water partition coefficient (Wildman–Crippen LogP) is 6.78. The minimum atomic E-state index is 0.148. The lowest BCUT2D eigenvalue weighted by Gasteiger charge is -2.30. The summed E-state index contributed by atoms with van der Waals surface area (Å²) in [5.74, 6) is 0. The van der Waals surface area contributed by atoms with Gasteiger partial charge in [0, 0.05) is 25.0 Å². The second-order valence-corrected chi connectivity index (χ2v) is 10.0. The molecule has 2 aromatic carbocycles. The second kappa shape index (κ2) is 6.05. The Balaban J connectivity index is 1.79. The Labute approximate surface area is 175 Å². The van der Waals surface area contributed by atoms with Gasteiger partial charge in [-0.15, -0.1) is 0 Å². The van der Waals surface area contributed by atoms with Gasteiger partial charge in [-0.05, 0) is 40.2 Å². The molecule has 1 aliphatic carbocycles. The molecule has 1 nitrogen and oxygen atoms in total. The van der Waals surface area contributed by atoms with Gasteiger partial charge in [-0.2, -0.15) is 4.57 Å². The molecule has 29 heavy (non-hydrogen) atoms. The van der Waals surface area contributed by atoms with Crippen molar-refractivity contribution in [2.45, 2.75) is 70.3 Å². The molecule has 2 aliphatic rings. The monoisotopic (exact) mass is 382 g/mol. The zero-order chi connectivity index (χ0) is 20.4. The van der Waals surface area contributed by atoms with Crippen LogP contribution in [0.1, 0.15) is 65.0 Å². The molecular weight excluding hydrogens is 350 g/mol. The van der Waals surface area contributed by atoms with E-state index in [2.05, 4.69) is 106 Å². The highest BCUT2D eigenvalue weighted by atomic mass is 15.2. The molecule has 2 unspecified atom stereocenters. The summed E-state index contributed by atoms with van der Waals surface area (Å²) in [5.41, 5.74) is 9.09. The molecule has 5 rings (SSSR count). The third-order valence-electron chi connectivity index (χ3n) is 7.75. The topological polar surface area (TPSA) is 3.88 Å². The van der Waals surface area contributed by atoms with Gasteiger partial charge in [-0.3, -0.25) is 0 Å². The van der Waals surface area contributed by atoms with E-state index in [1.165, 1.54) is 47.2 Å². The zero-order valence-electron chi connectivity index (χ0n) is 18.4. The number of benzene rings is 2. The number of pyridine rings is 1. The van der Waals surface area contributed by atoms with Crippen LogP contribution in [0.5, 0.6) is 0 Å². The first-order chi connectivity index (χ1) is 13.9. The molecule has 1 fully saturated rings. The van der Waals surface area contributed by atoms with E-state index in [1.807, 2.05) is 0 Å². The highest BCUT2D eigenvalue weighted by molar-refractivity contribution is 5.76. The summed E-state index contributed by atoms with van der Waals surface area (Å²) in [6.07, 6.45) is 6.03. The van der Waals surface area contributed by atoms with Crippen molar-refractivity contribution in [2.24, 2.45) is 0 Å². The Morgan fingerprint density at radius 3 is 2.28 bits per heavy atom. The van der Waals surface area contributed by atoms with Gasteiger partial charge in [0.1, 0.15) is 0 Å². The summed E-state index contributed by atoms with van der Waals surface area (Å²) in [5, 5.41) is 0. The van der Waals surface area contributed by atoms with Crippen LogP contribution in [-0.2, 0) is 16.4 Å². The average molecular weight is 383 g/mol. The van der Waals surface area contributed by atoms with Crippen molar-refractivity contribution in [3.63, 3.8) is 0 Å². The molecule has 0 radical (unpaired) electrons.